The van der Waals surface area contributed by atoms with E-state index in [1.165, 1.54) is 22.7 Å². The smallest absolute Gasteiger partial charge is 0.268 e. The van der Waals surface area contributed by atoms with E-state index in [9.17, 15) is 10.1 Å². The van der Waals surface area contributed by atoms with Crippen LogP contribution >= 0.6 is 34.3 Å². The lowest BCUT2D eigenvalue weighted by Crippen LogP contribution is -2.13. The van der Waals surface area contributed by atoms with Crippen LogP contribution in [0.25, 0.3) is 6.08 Å². The van der Waals surface area contributed by atoms with Gasteiger partial charge in [0.2, 0.25) is 0 Å². The average Bonchev–Trinajstić information content (AvgIpc) is 3.26. The third-order valence-electron chi connectivity index (χ3n) is 3.29. The Hall–Kier alpha value is -2.46. The van der Waals surface area contributed by atoms with Crippen LogP contribution in [0.4, 0.5) is 5.13 Å². The molecule has 0 aliphatic carbocycles. The summed E-state index contributed by atoms with van der Waals surface area (Å²) in [6.45, 7) is 0. The summed E-state index contributed by atoms with van der Waals surface area (Å²) in [4.78, 5) is 18.3. The topological polar surface area (TPSA) is 65.8 Å². The number of nitrogens with one attached hydrogen (secondary N) is 1. The zero-order chi connectivity index (χ0) is 17.6. The quantitative estimate of drug-likeness (QED) is 0.496. The number of thiazole rings is 1. The molecular formula is C18H12ClN3OS2. The van der Waals surface area contributed by atoms with Gasteiger partial charge in [0.15, 0.2) is 5.13 Å². The van der Waals surface area contributed by atoms with Gasteiger partial charge in [-0.25, -0.2) is 4.98 Å². The number of rotatable bonds is 5. The number of nitriles is 1. The van der Waals surface area contributed by atoms with Crippen molar-refractivity contribution in [2.45, 2.75) is 6.42 Å². The van der Waals surface area contributed by atoms with Crippen molar-refractivity contribution in [3.05, 3.63) is 73.9 Å². The van der Waals surface area contributed by atoms with Gasteiger partial charge in [-0.05, 0) is 29.2 Å². The maximum Gasteiger partial charge on any atom is 0.268 e. The van der Waals surface area contributed by atoms with Crippen molar-refractivity contribution >= 4 is 51.4 Å². The maximum absolute atomic E-state index is 12.2. The summed E-state index contributed by atoms with van der Waals surface area (Å²) >= 11 is 8.99. The van der Waals surface area contributed by atoms with Gasteiger partial charge in [0, 0.05) is 27.4 Å². The molecule has 4 nitrogen and oxygen atoms in total. The van der Waals surface area contributed by atoms with Crippen LogP contribution < -0.4 is 5.32 Å². The Morgan fingerprint density at radius 3 is 2.88 bits per heavy atom. The van der Waals surface area contributed by atoms with Crippen LogP contribution in [0, 0.1) is 11.3 Å². The Morgan fingerprint density at radius 1 is 1.32 bits per heavy atom. The molecule has 25 heavy (non-hydrogen) atoms. The van der Waals surface area contributed by atoms with Gasteiger partial charge in [-0.2, -0.15) is 5.26 Å². The second-order valence-corrected chi connectivity index (χ2v) is 7.54. The van der Waals surface area contributed by atoms with E-state index in [4.69, 9.17) is 11.6 Å². The molecule has 0 radical (unpaired) electrons. The van der Waals surface area contributed by atoms with Gasteiger partial charge in [-0.3, -0.25) is 10.1 Å². The molecule has 0 aliphatic rings. The van der Waals surface area contributed by atoms with E-state index in [0.717, 1.165) is 15.3 Å². The second kappa shape index (κ2) is 8.08. The second-order valence-electron chi connectivity index (χ2n) is 5.04. The molecule has 0 saturated carbocycles. The van der Waals surface area contributed by atoms with Crippen LogP contribution in [0.3, 0.4) is 0 Å². The molecule has 0 spiro atoms. The fraction of sp³-hybridized carbons (Fsp3) is 0.0556. The lowest BCUT2D eigenvalue weighted by molar-refractivity contribution is -0.112. The minimum atomic E-state index is -0.463. The van der Waals surface area contributed by atoms with Crippen molar-refractivity contribution in [2.75, 3.05) is 5.32 Å². The van der Waals surface area contributed by atoms with Crippen LogP contribution in [0.1, 0.15) is 15.3 Å². The Labute approximate surface area is 158 Å². The van der Waals surface area contributed by atoms with Gasteiger partial charge in [0.25, 0.3) is 5.91 Å². The highest BCUT2D eigenvalue weighted by Crippen LogP contribution is 2.25. The zero-order valence-electron chi connectivity index (χ0n) is 12.9. The number of carbonyl (C=O) groups is 1. The summed E-state index contributed by atoms with van der Waals surface area (Å²) < 4.78 is 0. The molecule has 7 heteroatoms. The molecular weight excluding hydrogens is 374 g/mol. The molecule has 0 bridgehead atoms. The third-order valence-corrected chi connectivity index (χ3v) is 5.39. The standard InChI is InChI=1S/C18H12ClN3OS2/c19-16-6-2-1-4-12(16)8-15-11-21-18(25-15)22-17(23)13(10-20)9-14-5-3-7-24-14/h1-7,9,11H,8H2,(H,21,22,23)/b13-9-. The Kier molecular flexibility index (Phi) is 5.61. The number of hydrogen-bond acceptors (Lipinski definition) is 5. The number of hydrogen-bond donors (Lipinski definition) is 1. The summed E-state index contributed by atoms with van der Waals surface area (Å²) in [5.41, 5.74) is 1.05. The number of halogens is 1. The van der Waals surface area contributed by atoms with Crippen LogP contribution in [0.5, 0.6) is 0 Å². The number of nitrogens with zero attached hydrogens (tertiary/aromatic N) is 2. The predicted molar refractivity (Wildman–Crippen MR) is 103 cm³/mol. The Morgan fingerprint density at radius 2 is 2.16 bits per heavy atom. The summed E-state index contributed by atoms with van der Waals surface area (Å²) in [5, 5.41) is 14.9. The van der Waals surface area contributed by atoms with Crippen molar-refractivity contribution in [1.82, 2.24) is 4.98 Å². The molecule has 3 rings (SSSR count). The molecule has 2 heterocycles. The molecule has 1 amide bonds. The number of aromatic nitrogens is 1. The van der Waals surface area contributed by atoms with E-state index in [1.54, 1.807) is 12.3 Å². The van der Waals surface area contributed by atoms with Gasteiger partial charge in [-0.15, -0.1) is 22.7 Å². The first-order valence-corrected chi connectivity index (χ1v) is 9.38. The van der Waals surface area contributed by atoms with Crippen LogP contribution in [0.2, 0.25) is 5.02 Å². The molecule has 3 aromatic rings. The van der Waals surface area contributed by atoms with E-state index < -0.39 is 5.91 Å². The lowest BCUT2D eigenvalue weighted by atomic mass is 10.1. The number of amides is 1. The average molecular weight is 386 g/mol. The highest BCUT2D eigenvalue weighted by molar-refractivity contribution is 7.15. The van der Waals surface area contributed by atoms with Gasteiger partial charge in [-0.1, -0.05) is 35.9 Å². The third kappa shape index (κ3) is 4.54. The molecule has 0 atom stereocenters. The van der Waals surface area contributed by atoms with Gasteiger partial charge in [0.1, 0.15) is 11.6 Å². The molecule has 124 valence electrons. The highest BCUT2D eigenvalue weighted by Gasteiger charge is 2.13. The van der Waals surface area contributed by atoms with Crippen LogP contribution in [-0.4, -0.2) is 10.9 Å². The minimum Gasteiger partial charge on any atom is -0.297 e. The van der Waals surface area contributed by atoms with Crippen molar-refractivity contribution in [3.8, 4) is 6.07 Å². The van der Waals surface area contributed by atoms with E-state index in [-0.39, 0.29) is 5.57 Å². The van der Waals surface area contributed by atoms with Crippen LogP contribution in [-0.2, 0) is 11.2 Å². The summed E-state index contributed by atoms with van der Waals surface area (Å²) in [5.74, 6) is -0.463. The number of carbonyl (C=O) groups excluding carboxylic acids is 1. The SMILES string of the molecule is N#C/C(=C/c1cccs1)C(=O)Nc1ncc(Cc2ccccc2Cl)s1. The van der Waals surface area contributed by atoms with E-state index in [2.05, 4.69) is 10.3 Å². The largest absolute Gasteiger partial charge is 0.297 e. The molecule has 0 aliphatic heterocycles. The summed E-state index contributed by atoms with van der Waals surface area (Å²) in [6, 6.07) is 13.3. The molecule has 1 N–H and O–H groups in total. The van der Waals surface area contributed by atoms with Gasteiger partial charge in [0.05, 0.1) is 0 Å². The summed E-state index contributed by atoms with van der Waals surface area (Å²) in [7, 11) is 0. The molecule has 1 aromatic carbocycles. The van der Waals surface area contributed by atoms with Crippen molar-refractivity contribution in [1.29, 1.82) is 5.26 Å². The number of anilines is 1. The fourth-order valence-electron chi connectivity index (χ4n) is 2.11. The summed E-state index contributed by atoms with van der Waals surface area (Å²) in [6.07, 6.45) is 3.92. The predicted octanol–water partition coefficient (Wildman–Crippen LogP) is 4.99. The number of benzene rings is 1. The maximum atomic E-state index is 12.2. The first-order valence-electron chi connectivity index (χ1n) is 7.30. The van der Waals surface area contributed by atoms with E-state index in [1.807, 2.05) is 47.8 Å². The first-order chi connectivity index (χ1) is 12.2. The van der Waals surface area contributed by atoms with E-state index >= 15 is 0 Å². The normalized spacial score (nSPS) is 11.1. The molecule has 0 saturated heterocycles. The van der Waals surface area contributed by atoms with E-state index in [0.29, 0.717) is 16.6 Å². The molecule has 2 aromatic heterocycles. The number of thiophene rings is 1. The zero-order valence-corrected chi connectivity index (χ0v) is 15.3. The molecule has 0 unspecified atom stereocenters. The van der Waals surface area contributed by atoms with Crippen molar-refractivity contribution in [3.63, 3.8) is 0 Å². The lowest BCUT2D eigenvalue weighted by Gasteiger charge is -2.01. The first kappa shape index (κ1) is 17.4. The van der Waals surface area contributed by atoms with Crippen molar-refractivity contribution in [2.24, 2.45) is 0 Å². The Balaban J connectivity index is 1.69. The minimum absolute atomic E-state index is 0.0466. The fourth-order valence-corrected chi connectivity index (χ4v) is 3.80. The van der Waals surface area contributed by atoms with Gasteiger partial charge >= 0.3 is 0 Å². The molecule has 0 fully saturated rings. The van der Waals surface area contributed by atoms with Crippen molar-refractivity contribution < 1.29 is 4.79 Å². The monoisotopic (exact) mass is 385 g/mol. The Bertz CT molecular complexity index is 955. The highest BCUT2D eigenvalue weighted by atomic mass is 35.5. The van der Waals surface area contributed by atoms with Crippen LogP contribution in [0.15, 0.2) is 53.5 Å². The van der Waals surface area contributed by atoms with Gasteiger partial charge < -0.3 is 0 Å².